The van der Waals surface area contributed by atoms with E-state index < -0.39 is 5.97 Å². The van der Waals surface area contributed by atoms with Gasteiger partial charge in [0.05, 0.1) is 20.1 Å². The summed E-state index contributed by atoms with van der Waals surface area (Å²) in [5, 5.41) is 9.10. The SMILES string of the molecule is COc1cccc(-c2cccc3c2CCC3Oc2ccc3c(c2)OCC3CC(=O)O)c1C. The van der Waals surface area contributed by atoms with Gasteiger partial charge in [-0.05, 0) is 59.7 Å². The van der Waals surface area contributed by atoms with Crippen LogP contribution in [0.3, 0.4) is 0 Å². The maximum Gasteiger partial charge on any atom is 0.304 e. The summed E-state index contributed by atoms with van der Waals surface area (Å²) >= 11 is 0. The van der Waals surface area contributed by atoms with Crippen LogP contribution in [0.4, 0.5) is 0 Å². The van der Waals surface area contributed by atoms with Gasteiger partial charge in [-0.2, -0.15) is 0 Å². The lowest BCUT2D eigenvalue weighted by atomic mass is 9.93. The molecule has 2 atom stereocenters. The number of benzene rings is 3. The van der Waals surface area contributed by atoms with Crippen molar-refractivity contribution in [2.45, 2.75) is 38.2 Å². The van der Waals surface area contributed by atoms with Crippen LogP contribution in [0, 0.1) is 6.92 Å². The lowest BCUT2D eigenvalue weighted by Crippen LogP contribution is -2.07. The Morgan fingerprint density at radius 3 is 2.72 bits per heavy atom. The number of carboxylic acids is 1. The van der Waals surface area contributed by atoms with Gasteiger partial charge in [-0.25, -0.2) is 0 Å². The predicted octanol–water partition coefficient (Wildman–Crippen LogP) is 5.69. The van der Waals surface area contributed by atoms with E-state index in [2.05, 4.69) is 31.2 Å². The third-order valence-electron chi connectivity index (χ3n) is 6.57. The van der Waals surface area contributed by atoms with Gasteiger partial charge in [0.15, 0.2) is 0 Å². The molecule has 0 bridgehead atoms. The summed E-state index contributed by atoms with van der Waals surface area (Å²) in [6.07, 6.45) is 1.92. The first kappa shape index (κ1) is 20.4. The van der Waals surface area contributed by atoms with E-state index in [1.165, 1.54) is 22.3 Å². The molecule has 5 heteroatoms. The summed E-state index contributed by atoms with van der Waals surface area (Å²) in [4.78, 5) is 11.1. The fourth-order valence-electron chi connectivity index (χ4n) is 4.99. The first-order valence-corrected chi connectivity index (χ1v) is 11.0. The van der Waals surface area contributed by atoms with Crippen molar-refractivity contribution in [1.82, 2.24) is 0 Å². The van der Waals surface area contributed by atoms with Gasteiger partial charge in [0.25, 0.3) is 0 Å². The minimum atomic E-state index is -0.809. The average molecular weight is 431 g/mol. The molecule has 1 aliphatic heterocycles. The number of ether oxygens (including phenoxy) is 3. The molecule has 0 saturated carbocycles. The number of aliphatic carboxylic acids is 1. The number of fused-ring (bicyclic) bond motifs is 2. The van der Waals surface area contributed by atoms with Crippen LogP contribution in [0.2, 0.25) is 0 Å². The number of carboxylic acid groups (broad SMARTS) is 1. The van der Waals surface area contributed by atoms with E-state index in [-0.39, 0.29) is 18.4 Å². The van der Waals surface area contributed by atoms with Crippen molar-refractivity contribution in [2.75, 3.05) is 13.7 Å². The highest BCUT2D eigenvalue weighted by Gasteiger charge is 2.29. The largest absolute Gasteiger partial charge is 0.496 e. The molecule has 1 N–H and O–H groups in total. The molecule has 164 valence electrons. The smallest absolute Gasteiger partial charge is 0.304 e. The molecular weight excluding hydrogens is 404 g/mol. The van der Waals surface area contributed by atoms with Gasteiger partial charge in [-0.15, -0.1) is 0 Å². The van der Waals surface area contributed by atoms with Crippen LogP contribution in [0.15, 0.2) is 54.6 Å². The van der Waals surface area contributed by atoms with Crippen LogP contribution in [-0.4, -0.2) is 24.8 Å². The van der Waals surface area contributed by atoms with Gasteiger partial charge < -0.3 is 19.3 Å². The molecule has 3 aromatic rings. The van der Waals surface area contributed by atoms with Crippen molar-refractivity contribution in [3.8, 4) is 28.4 Å². The summed E-state index contributed by atoms with van der Waals surface area (Å²) in [5.41, 5.74) is 7.06. The third-order valence-corrected chi connectivity index (χ3v) is 6.57. The topological polar surface area (TPSA) is 65.0 Å². The molecule has 1 aliphatic carbocycles. The minimum absolute atomic E-state index is 0.0230. The van der Waals surface area contributed by atoms with E-state index in [1.807, 2.05) is 30.3 Å². The number of hydrogen-bond acceptors (Lipinski definition) is 4. The van der Waals surface area contributed by atoms with E-state index in [0.717, 1.165) is 41.2 Å². The Labute approximate surface area is 187 Å². The zero-order valence-corrected chi connectivity index (χ0v) is 18.3. The van der Waals surface area contributed by atoms with Crippen LogP contribution in [-0.2, 0) is 11.2 Å². The van der Waals surface area contributed by atoms with Crippen LogP contribution >= 0.6 is 0 Å². The molecule has 0 fully saturated rings. The van der Waals surface area contributed by atoms with Gasteiger partial charge in [-0.3, -0.25) is 4.79 Å². The van der Waals surface area contributed by atoms with Crippen molar-refractivity contribution in [2.24, 2.45) is 0 Å². The quantitative estimate of drug-likeness (QED) is 0.544. The number of hydrogen-bond donors (Lipinski definition) is 1. The molecule has 2 aliphatic rings. The van der Waals surface area contributed by atoms with E-state index in [4.69, 9.17) is 19.3 Å². The molecular formula is C27H26O5. The monoisotopic (exact) mass is 430 g/mol. The summed E-state index contributed by atoms with van der Waals surface area (Å²) in [6.45, 7) is 2.50. The molecule has 5 rings (SSSR count). The molecule has 3 aromatic carbocycles. The molecule has 0 spiro atoms. The highest BCUT2D eigenvalue weighted by Crippen LogP contribution is 2.43. The Balaban J connectivity index is 1.41. The van der Waals surface area contributed by atoms with Crippen molar-refractivity contribution >= 4 is 5.97 Å². The van der Waals surface area contributed by atoms with E-state index in [0.29, 0.717) is 6.61 Å². The van der Waals surface area contributed by atoms with E-state index >= 15 is 0 Å². The second kappa shape index (κ2) is 8.23. The zero-order chi connectivity index (χ0) is 22.2. The second-order valence-corrected chi connectivity index (χ2v) is 8.46. The third kappa shape index (κ3) is 3.58. The lowest BCUT2D eigenvalue weighted by Gasteiger charge is -2.17. The first-order chi connectivity index (χ1) is 15.5. The minimum Gasteiger partial charge on any atom is -0.496 e. The summed E-state index contributed by atoms with van der Waals surface area (Å²) in [5.74, 6) is 1.47. The van der Waals surface area contributed by atoms with E-state index in [9.17, 15) is 4.79 Å². The Hall–Kier alpha value is -3.47. The Bertz CT molecular complexity index is 1180. The van der Waals surface area contributed by atoms with Gasteiger partial charge in [0.1, 0.15) is 23.4 Å². The predicted molar refractivity (Wildman–Crippen MR) is 122 cm³/mol. The van der Waals surface area contributed by atoms with Gasteiger partial charge in [0.2, 0.25) is 0 Å². The Kier molecular flexibility index (Phi) is 5.25. The molecule has 0 amide bonds. The van der Waals surface area contributed by atoms with Crippen molar-refractivity contribution in [3.63, 3.8) is 0 Å². The number of methoxy groups -OCH3 is 1. The fraction of sp³-hybridized carbons (Fsp3) is 0.296. The summed E-state index contributed by atoms with van der Waals surface area (Å²) in [6, 6.07) is 18.4. The Morgan fingerprint density at radius 1 is 1.09 bits per heavy atom. The van der Waals surface area contributed by atoms with Crippen LogP contribution in [0.25, 0.3) is 11.1 Å². The van der Waals surface area contributed by atoms with Crippen molar-refractivity contribution < 1.29 is 24.1 Å². The van der Waals surface area contributed by atoms with Gasteiger partial charge in [-0.1, -0.05) is 36.4 Å². The van der Waals surface area contributed by atoms with Crippen molar-refractivity contribution in [3.05, 3.63) is 76.9 Å². The average Bonchev–Trinajstić information content (AvgIpc) is 3.38. The Morgan fingerprint density at radius 2 is 1.91 bits per heavy atom. The molecule has 0 aromatic heterocycles. The maximum absolute atomic E-state index is 11.1. The lowest BCUT2D eigenvalue weighted by molar-refractivity contribution is -0.137. The van der Waals surface area contributed by atoms with E-state index in [1.54, 1.807) is 7.11 Å². The zero-order valence-electron chi connectivity index (χ0n) is 18.3. The van der Waals surface area contributed by atoms with Crippen molar-refractivity contribution in [1.29, 1.82) is 0 Å². The normalized spacial score (nSPS) is 18.6. The molecule has 1 heterocycles. The molecule has 32 heavy (non-hydrogen) atoms. The molecule has 0 radical (unpaired) electrons. The van der Waals surface area contributed by atoms with Crippen LogP contribution < -0.4 is 14.2 Å². The number of carbonyl (C=O) groups is 1. The second-order valence-electron chi connectivity index (χ2n) is 8.46. The first-order valence-electron chi connectivity index (χ1n) is 11.0. The highest BCUT2D eigenvalue weighted by molar-refractivity contribution is 5.74. The highest BCUT2D eigenvalue weighted by atomic mass is 16.5. The number of rotatable bonds is 6. The maximum atomic E-state index is 11.1. The van der Waals surface area contributed by atoms with Crippen LogP contribution in [0.1, 0.15) is 47.1 Å². The standard InChI is InChI=1S/C27H26O5/c1-16-19(5-4-8-24(16)30-2)21-6-3-7-23-22(21)11-12-25(23)32-18-9-10-20-17(13-27(28)29)15-31-26(20)14-18/h3-10,14,17,25H,11-13,15H2,1-2H3,(H,28,29). The summed E-state index contributed by atoms with van der Waals surface area (Å²) in [7, 11) is 1.70. The fourth-order valence-corrected chi connectivity index (χ4v) is 4.99. The van der Waals surface area contributed by atoms with Gasteiger partial charge >= 0.3 is 5.97 Å². The van der Waals surface area contributed by atoms with Crippen LogP contribution in [0.5, 0.6) is 17.2 Å². The van der Waals surface area contributed by atoms with Gasteiger partial charge in [0, 0.05) is 17.5 Å². The molecule has 0 saturated heterocycles. The summed E-state index contributed by atoms with van der Waals surface area (Å²) < 4.78 is 17.7. The molecule has 5 nitrogen and oxygen atoms in total. The molecule has 2 unspecified atom stereocenters.